The van der Waals surface area contributed by atoms with Gasteiger partial charge in [-0.25, -0.2) is 0 Å². The van der Waals surface area contributed by atoms with Crippen molar-refractivity contribution >= 4 is 34.8 Å². The van der Waals surface area contributed by atoms with Crippen molar-refractivity contribution in [1.29, 1.82) is 0 Å². The van der Waals surface area contributed by atoms with Gasteiger partial charge < -0.3 is 15.4 Å². The first-order chi connectivity index (χ1) is 11.4. The lowest BCUT2D eigenvalue weighted by atomic mass is 10.1. The molecule has 5 nitrogen and oxygen atoms in total. The third kappa shape index (κ3) is 4.49. The van der Waals surface area contributed by atoms with E-state index >= 15 is 0 Å². The number of ether oxygens (including phenoxy) is 1. The maximum Gasteiger partial charge on any atom is 0.233 e. The number of halogens is 1. The van der Waals surface area contributed by atoms with Crippen molar-refractivity contribution < 1.29 is 14.3 Å². The van der Waals surface area contributed by atoms with E-state index in [0.717, 1.165) is 11.1 Å². The standard InChI is InChI=1S/C18H19ClN2O3/c1-11-8-12(2)18(13(19)9-11)21-17(23)10-16(22)20-14-6-4-5-7-15(14)24-3/h4-9H,10H2,1-3H3,(H,20,22)(H,21,23). The number of anilines is 2. The highest BCUT2D eigenvalue weighted by Crippen LogP contribution is 2.27. The van der Waals surface area contributed by atoms with Crippen molar-refractivity contribution in [2.75, 3.05) is 17.7 Å². The zero-order valence-corrected chi connectivity index (χ0v) is 14.5. The topological polar surface area (TPSA) is 67.4 Å². The summed E-state index contributed by atoms with van der Waals surface area (Å²) in [6.45, 7) is 3.77. The molecule has 2 rings (SSSR count). The van der Waals surface area contributed by atoms with E-state index in [1.54, 1.807) is 30.3 Å². The van der Waals surface area contributed by atoms with Crippen LogP contribution in [0.25, 0.3) is 0 Å². The molecule has 0 saturated heterocycles. The SMILES string of the molecule is COc1ccccc1NC(=O)CC(=O)Nc1c(C)cc(C)cc1Cl. The van der Waals surface area contributed by atoms with E-state index in [1.807, 2.05) is 19.9 Å². The van der Waals surface area contributed by atoms with Gasteiger partial charge in [0.25, 0.3) is 0 Å². The Hall–Kier alpha value is -2.53. The van der Waals surface area contributed by atoms with E-state index in [4.69, 9.17) is 16.3 Å². The van der Waals surface area contributed by atoms with Gasteiger partial charge in [0.1, 0.15) is 12.2 Å². The summed E-state index contributed by atoms with van der Waals surface area (Å²) in [6, 6.07) is 10.7. The quantitative estimate of drug-likeness (QED) is 0.806. The molecule has 2 amide bonds. The molecule has 0 saturated carbocycles. The molecule has 2 aromatic carbocycles. The summed E-state index contributed by atoms with van der Waals surface area (Å²) < 4.78 is 5.16. The number of para-hydroxylation sites is 2. The lowest BCUT2D eigenvalue weighted by Gasteiger charge is -2.12. The first-order valence-electron chi connectivity index (χ1n) is 7.40. The predicted octanol–water partition coefficient (Wildman–Crippen LogP) is 3.93. The van der Waals surface area contributed by atoms with Gasteiger partial charge in [-0.3, -0.25) is 9.59 Å². The number of carbonyl (C=O) groups is 2. The van der Waals surface area contributed by atoms with Crippen molar-refractivity contribution in [2.24, 2.45) is 0 Å². The Labute approximate surface area is 146 Å². The molecule has 24 heavy (non-hydrogen) atoms. The maximum atomic E-state index is 12.1. The number of aryl methyl sites for hydroxylation is 2. The first kappa shape index (κ1) is 17.8. The number of benzene rings is 2. The minimum atomic E-state index is -0.434. The van der Waals surface area contributed by atoms with Gasteiger partial charge >= 0.3 is 0 Å². The van der Waals surface area contributed by atoms with E-state index in [9.17, 15) is 9.59 Å². The molecule has 0 radical (unpaired) electrons. The van der Waals surface area contributed by atoms with Crippen LogP contribution in [0.1, 0.15) is 17.5 Å². The molecule has 126 valence electrons. The average Bonchev–Trinajstić information content (AvgIpc) is 2.51. The second kappa shape index (κ2) is 7.84. The van der Waals surface area contributed by atoms with Gasteiger partial charge in [-0.2, -0.15) is 0 Å². The van der Waals surface area contributed by atoms with Crippen LogP contribution in [0.15, 0.2) is 36.4 Å². The molecule has 2 aromatic rings. The number of methoxy groups -OCH3 is 1. The number of hydrogen-bond donors (Lipinski definition) is 2. The lowest BCUT2D eigenvalue weighted by Crippen LogP contribution is -2.22. The number of nitrogens with one attached hydrogen (secondary N) is 2. The molecule has 0 aliphatic heterocycles. The average molecular weight is 347 g/mol. The molecule has 6 heteroatoms. The number of rotatable bonds is 5. The fourth-order valence-electron chi connectivity index (χ4n) is 2.35. The number of hydrogen-bond acceptors (Lipinski definition) is 3. The monoisotopic (exact) mass is 346 g/mol. The van der Waals surface area contributed by atoms with E-state index in [1.165, 1.54) is 7.11 Å². The summed E-state index contributed by atoms with van der Waals surface area (Å²) in [5, 5.41) is 5.80. The minimum absolute atomic E-state index is 0.318. The van der Waals surface area contributed by atoms with E-state index in [-0.39, 0.29) is 6.42 Å². The molecule has 0 fully saturated rings. The molecule has 0 unspecified atom stereocenters. The van der Waals surface area contributed by atoms with Gasteiger partial charge in [-0.05, 0) is 43.2 Å². The Balaban J connectivity index is 2.01. The third-order valence-electron chi connectivity index (χ3n) is 3.40. The molecule has 0 atom stereocenters. The molecule has 0 aliphatic rings. The molecular formula is C18H19ClN2O3. The zero-order chi connectivity index (χ0) is 17.7. The first-order valence-corrected chi connectivity index (χ1v) is 7.78. The molecule has 0 bridgehead atoms. The van der Waals surface area contributed by atoms with Crippen molar-refractivity contribution in [3.8, 4) is 5.75 Å². The van der Waals surface area contributed by atoms with Gasteiger partial charge in [0.15, 0.2) is 0 Å². The van der Waals surface area contributed by atoms with Crippen molar-refractivity contribution in [3.63, 3.8) is 0 Å². The molecular weight excluding hydrogens is 328 g/mol. The summed E-state index contributed by atoms with van der Waals surface area (Å²) in [5.41, 5.74) is 2.89. The Morgan fingerprint density at radius 1 is 1.08 bits per heavy atom. The molecule has 0 aliphatic carbocycles. The van der Waals surface area contributed by atoms with Crippen LogP contribution >= 0.6 is 11.6 Å². The van der Waals surface area contributed by atoms with Gasteiger partial charge in [-0.1, -0.05) is 29.8 Å². The number of carbonyl (C=O) groups excluding carboxylic acids is 2. The Morgan fingerprint density at radius 2 is 1.75 bits per heavy atom. The molecule has 0 spiro atoms. The van der Waals surface area contributed by atoms with Gasteiger partial charge in [0, 0.05) is 0 Å². The fourth-order valence-corrected chi connectivity index (χ4v) is 2.71. The van der Waals surface area contributed by atoms with Crippen LogP contribution < -0.4 is 15.4 Å². The van der Waals surface area contributed by atoms with Gasteiger partial charge in [0.05, 0.1) is 23.5 Å². The van der Waals surface area contributed by atoms with Crippen LogP contribution in [0.3, 0.4) is 0 Å². The van der Waals surface area contributed by atoms with Crippen molar-refractivity contribution in [3.05, 3.63) is 52.5 Å². The fraction of sp³-hybridized carbons (Fsp3) is 0.222. The van der Waals surface area contributed by atoms with Gasteiger partial charge in [0.2, 0.25) is 11.8 Å². The van der Waals surface area contributed by atoms with Crippen LogP contribution in [-0.4, -0.2) is 18.9 Å². The predicted molar refractivity (Wildman–Crippen MR) is 95.8 cm³/mol. The highest BCUT2D eigenvalue weighted by Gasteiger charge is 2.14. The van der Waals surface area contributed by atoms with Crippen molar-refractivity contribution in [1.82, 2.24) is 0 Å². The number of amides is 2. The normalized spacial score (nSPS) is 10.2. The summed E-state index contributed by atoms with van der Waals surface area (Å²) in [6.07, 6.45) is -0.318. The van der Waals surface area contributed by atoms with E-state index in [2.05, 4.69) is 10.6 Å². The van der Waals surface area contributed by atoms with Crippen LogP contribution in [0, 0.1) is 13.8 Å². The summed E-state index contributed by atoms with van der Waals surface area (Å²) in [4.78, 5) is 24.1. The Morgan fingerprint density at radius 3 is 2.42 bits per heavy atom. The van der Waals surface area contributed by atoms with E-state index < -0.39 is 11.8 Å². The van der Waals surface area contributed by atoms with Crippen LogP contribution in [0.4, 0.5) is 11.4 Å². The smallest absolute Gasteiger partial charge is 0.233 e. The van der Waals surface area contributed by atoms with Crippen molar-refractivity contribution in [2.45, 2.75) is 20.3 Å². The highest BCUT2D eigenvalue weighted by atomic mass is 35.5. The summed E-state index contributed by atoms with van der Waals surface area (Å²) in [5.74, 6) is -0.335. The molecule has 2 N–H and O–H groups in total. The molecule has 0 aromatic heterocycles. The minimum Gasteiger partial charge on any atom is -0.495 e. The maximum absolute atomic E-state index is 12.1. The zero-order valence-electron chi connectivity index (χ0n) is 13.8. The summed E-state index contributed by atoms with van der Waals surface area (Å²) in [7, 11) is 1.51. The van der Waals surface area contributed by atoms with Crippen LogP contribution in [0.5, 0.6) is 5.75 Å². The van der Waals surface area contributed by atoms with Crippen LogP contribution in [0.2, 0.25) is 5.02 Å². The second-order valence-corrected chi connectivity index (χ2v) is 5.82. The van der Waals surface area contributed by atoms with Crippen LogP contribution in [-0.2, 0) is 9.59 Å². The Bertz CT molecular complexity index is 752. The van der Waals surface area contributed by atoms with Gasteiger partial charge in [-0.15, -0.1) is 0 Å². The third-order valence-corrected chi connectivity index (χ3v) is 3.70. The van der Waals surface area contributed by atoms with E-state index in [0.29, 0.717) is 22.1 Å². The summed E-state index contributed by atoms with van der Waals surface area (Å²) >= 11 is 6.15. The largest absolute Gasteiger partial charge is 0.495 e. The molecule has 0 heterocycles. The lowest BCUT2D eigenvalue weighted by molar-refractivity contribution is -0.123. The second-order valence-electron chi connectivity index (χ2n) is 5.41. The highest BCUT2D eigenvalue weighted by molar-refractivity contribution is 6.34. The Kier molecular flexibility index (Phi) is 5.82.